The summed E-state index contributed by atoms with van der Waals surface area (Å²) in [5.74, 6) is 2.58. The van der Waals surface area contributed by atoms with Crippen LogP contribution in [-0.2, 0) is 9.47 Å². The lowest BCUT2D eigenvalue weighted by molar-refractivity contribution is -0.0412. The normalized spacial score (nSPS) is 25.9. The summed E-state index contributed by atoms with van der Waals surface area (Å²) in [4.78, 5) is 13.3. The average molecular weight is 235 g/mol. The van der Waals surface area contributed by atoms with E-state index >= 15 is 0 Å². The number of terminal acetylenes is 1. The van der Waals surface area contributed by atoms with Gasteiger partial charge in [-0.1, -0.05) is 12.0 Å². The van der Waals surface area contributed by atoms with E-state index in [0.717, 1.165) is 12.8 Å². The molecule has 1 spiro atoms. The lowest BCUT2D eigenvalue weighted by atomic mass is 9.92. The number of carbonyl (C=O) groups excluding carboxylic acids is 1. The number of nitrogens with zero attached hydrogens (tertiary/aromatic N) is 1. The van der Waals surface area contributed by atoms with Gasteiger partial charge in [-0.25, -0.2) is 4.79 Å². The molecule has 0 aromatic heterocycles. The van der Waals surface area contributed by atoms with Crippen molar-refractivity contribution in [2.75, 3.05) is 19.7 Å². The average Bonchev–Trinajstić information content (AvgIpc) is 2.74. The van der Waals surface area contributed by atoms with Crippen LogP contribution < -0.4 is 0 Å². The van der Waals surface area contributed by atoms with Crippen molar-refractivity contribution in [3.05, 3.63) is 12.2 Å². The molecule has 0 radical (unpaired) electrons. The van der Waals surface area contributed by atoms with Gasteiger partial charge in [0.25, 0.3) is 0 Å². The van der Waals surface area contributed by atoms with E-state index in [4.69, 9.17) is 15.9 Å². The summed E-state index contributed by atoms with van der Waals surface area (Å²) in [5.41, 5.74) is -0.264. The largest absolute Gasteiger partial charge is 0.450 e. The van der Waals surface area contributed by atoms with Gasteiger partial charge in [0.15, 0.2) is 0 Å². The topological polar surface area (TPSA) is 38.8 Å². The fraction of sp³-hybridized carbons (Fsp3) is 0.615. The first-order chi connectivity index (χ1) is 8.19. The van der Waals surface area contributed by atoms with E-state index in [-0.39, 0.29) is 17.8 Å². The van der Waals surface area contributed by atoms with E-state index in [0.29, 0.717) is 19.7 Å². The Morgan fingerprint density at radius 2 is 2.35 bits per heavy atom. The number of amides is 1. The third-order valence-corrected chi connectivity index (χ3v) is 3.24. The van der Waals surface area contributed by atoms with Gasteiger partial charge in [0.05, 0.1) is 12.2 Å². The van der Waals surface area contributed by atoms with Crippen molar-refractivity contribution >= 4 is 6.09 Å². The molecule has 2 aliphatic heterocycles. The highest BCUT2D eigenvalue weighted by molar-refractivity contribution is 5.67. The van der Waals surface area contributed by atoms with Gasteiger partial charge < -0.3 is 14.4 Å². The van der Waals surface area contributed by atoms with Crippen LogP contribution in [0.5, 0.6) is 0 Å². The van der Waals surface area contributed by atoms with Crippen LogP contribution in [0.1, 0.15) is 19.8 Å². The molecule has 92 valence electrons. The molecule has 1 unspecified atom stereocenters. The van der Waals surface area contributed by atoms with Gasteiger partial charge in [-0.2, -0.15) is 0 Å². The standard InChI is InChI=1S/C13H17NO3/c1-3-11-5-6-13(17-11)7-9-14(10-8-13)12(15)16-4-2/h1,5-6,11H,4,7-10H2,2H3. The molecule has 1 atom stereocenters. The third kappa shape index (κ3) is 2.45. The van der Waals surface area contributed by atoms with Crippen molar-refractivity contribution in [1.82, 2.24) is 4.90 Å². The predicted molar refractivity (Wildman–Crippen MR) is 63.4 cm³/mol. The summed E-state index contributed by atoms with van der Waals surface area (Å²) in [6.07, 6.45) is 10.4. The van der Waals surface area contributed by atoms with Crippen LogP contribution in [0.4, 0.5) is 4.79 Å². The molecule has 0 aliphatic carbocycles. The monoisotopic (exact) mass is 235 g/mol. The molecule has 1 saturated heterocycles. The number of hydrogen-bond acceptors (Lipinski definition) is 3. The molecule has 1 amide bonds. The molecule has 0 N–H and O–H groups in total. The maximum atomic E-state index is 11.5. The molecule has 0 bridgehead atoms. The molecule has 2 rings (SSSR count). The molecule has 17 heavy (non-hydrogen) atoms. The van der Waals surface area contributed by atoms with Gasteiger partial charge in [-0.05, 0) is 25.8 Å². The van der Waals surface area contributed by atoms with E-state index in [1.54, 1.807) is 4.90 Å². The van der Waals surface area contributed by atoms with E-state index in [9.17, 15) is 4.79 Å². The number of likely N-dealkylation sites (tertiary alicyclic amines) is 1. The molecule has 0 aromatic rings. The summed E-state index contributed by atoms with van der Waals surface area (Å²) in [5, 5.41) is 0. The van der Waals surface area contributed by atoms with Crippen LogP contribution in [0.15, 0.2) is 12.2 Å². The predicted octanol–water partition coefficient (Wildman–Crippen LogP) is 1.57. The van der Waals surface area contributed by atoms with Crippen molar-refractivity contribution in [1.29, 1.82) is 0 Å². The van der Waals surface area contributed by atoms with E-state index in [2.05, 4.69) is 5.92 Å². The molecular formula is C13H17NO3. The van der Waals surface area contributed by atoms with Crippen molar-refractivity contribution < 1.29 is 14.3 Å². The Morgan fingerprint density at radius 1 is 1.65 bits per heavy atom. The summed E-state index contributed by atoms with van der Waals surface area (Å²) in [6, 6.07) is 0. The summed E-state index contributed by atoms with van der Waals surface area (Å²) < 4.78 is 10.8. The summed E-state index contributed by atoms with van der Waals surface area (Å²) in [6.45, 7) is 3.53. The summed E-state index contributed by atoms with van der Waals surface area (Å²) in [7, 11) is 0. The molecular weight excluding hydrogens is 218 g/mol. The molecule has 2 heterocycles. The number of rotatable bonds is 1. The Hall–Kier alpha value is -1.47. The first-order valence-electron chi connectivity index (χ1n) is 5.94. The lowest BCUT2D eigenvalue weighted by Crippen LogP contribution is -2.46. The Kier molecular flexibility index (Phi) is 3.39. The zero-order chi connectivity index (χ0) is 12.3. The number of carbonyl (C=O) groups is 1. The smallest absolute Gasteiger partial charge is 0.409 e. The van der Waals surface area contributed by atoms with Crippen molar-refractivity contribution in [3.63, 3.8) is 0 Å². The van der Waals surface area contributed by atoms with Gasteiger partial charge in [0.1, 0.15) is 6.10 Å². The van der Waals surface area contributed by atoms with Crippen LogP contribution in [0, 0.1) is 12.3 Å². The number of hydrogen-bond donors (Lipinski definition) is 0. The summed E-state index contributed by atoms with van der Waals surface area (Å²) >= 11 is 0. The second kappa shape index (κ2) is 4.80. The maximum Gasteiger partial charge on any atom is 0.409 e. The van der Waals surface area contributed by atoms with Gasteiger partial charge in [-0.15, -0.1) is 6.42 Å². The van der Waals surface area contributed by atoms with E-state index in [1.807, 2.05) is 19.1 Å². The van der Waals surface area contributed by atoms with Crippen LogP contribution >= 0.6 is 0 Å². The van der Waals surface area contributed by atoms with Gasteiger partial charge in [0.2, 0.25) is 0 Å². The van der Waals surface area contributed by atoms with Crippen molar-refractivity contribution in [3.8, 4) is 12.3 Å². The van der Waals surface area contributed by atoms with Crippen LogP contribution in [0.25, 0.3) is 0 Å². The Balaban J connectivity index is 1.89. The Morgan fingerprint density at radius 3 is 2.88 bits per heavy atom. The molecule has 0 saturated carbocycles. The van der Waals surface area contributed by atoms with Crippen molar-refractivity contribution in [2.24, 2.45) is 0 Å². The maximum absolute atomic E-state index is 11.5. The number of ether oxygens (including phenoxy) is 2. The lowest BCUT2D eigenvalue weighted by Gasteiger charge is -2.37. The molecule has 0 aromatic carbocycles. The zero-order valence-corrected chi connectivity index (χ0v) is 10.0. The van der Waals surface area contributed by atoms with Crippen LogP contribution in [0.3, 0.4) is 0 Å². The first-order valence-corrected chi connectivity index (χ1v) is 5.94. The van der Waals surface area contributed by atoms with Gasteiger partial charge in [-0.3, -0.25) is 0 Å². The quantitative estimate of drug-likeness (QED) is 0.511. The van der Waals surface area contributed by atoms with Crippen LogP contribution in [0.2, 0.25) is 0 Å². The fourth-order valence-corrected chi connectivity index (χ4v) is 2.25. The van der Waals surface area contributed by atoms with Gasteiger partial charge in [0, 0.05) is 13.1 Å². The highest BCUT2D eigenvalue weighted by atomic mass is 16.6. The van der Waals surface area contributed by atoms with Gasteiger partial charge >= 0.3 is 6.09 Å². The molecule has 4 nitrogen and oxygen atoms in total. The second-order valence-corrected chi connectivity index (χ2v) is 4.31. The minimum Gasteiger partial charge on any atom is -0.450 e. The molecule has 2 aliphatic rings. The first kappa shape index (κ1) is 12.0. The minimum atomic E-state index is -0.264. The highest BCUT2D eigenvalue weighted by Crippen LogP contribution is 2.33. The SMILES string of the molecule is C#CC1C=CC2(CCN(C(=O)OCC)CC2)O1. The zero-order valence-electron chi connectivity index (χ0n) is 10.0. The van der Waals surface area contributed by atoms with E-state index in [1.165, 1.54) is 0 Å². The van der Waals surface area contributed by atoms with Crippen LogP contribution in [-0.4, -0.2) is 42.4 Å². The number of piperidine rings is 1. The highest BCUT2D eigenvalue weighted by Gasteiger charge is 2.39. The van der Waals surface area contributed by atoms with E-state index < -0.39 is 0 Å². The second-order valence-electron chi connectivity index (χ2n) is 4.31. The minimum absolute atomic E-state index is 0.218. The molecule has 4 heteroatoms. The molecule has 1 fully saturated rings. The Labute approximate surface area is 102 Å². The third-order valence-electron chi connectivity index (χ3n) is 3.24. The fourth-order valence-electron chi connectivity index (χ4n) is 2.25. The Bertz CT molecular complexity index is 361. The van der Waals surface area contributed by atoms with Crippen molar-refractivity contribution in [2.45, 2.75) is 31.5 Å².